The second-order valence-corrected chi connectivity index (χ2v) is 8.05. The van der Waals surface area contributed by atoms with Gasteiger partial charge in [-0.3, -0.25) is 4.79 Å². The van der Waals surface area contributed by atoms with Crippen LogP contribution in [0, 0.1) is 5.92 Å². The number of nitrogens with one attached hydrogen (secondary N) is 1. The predicted molar refractivity (Wildman–Crippen MR) is 93.3 cm³/mol. The van der Waals surface area contributed by atoms with Gasteiger partial charge in [0.2, 0.25) is 15.9 Å². The highest BCUT2D eigenvalue weighted by atomic mass is 32.2. The van der Waals surface area contributed by atoms with Crippen molar-refractivity contribution in [2.45, 2.75) is 24.2 Å². The molecule has 6 nitrogen and oxygen atoms in total. The van der Waals surface area contributed by atoms with E-state index in [-0.39, 0.29) is 11.8 Å². The lowest BCUT2D eigenvalue weighted by Crippen LogP contribution is -2.43. The van der Waals surface area contributed by atoms with Gasteiger partial charge in [0.1, 0.15) is 5.76 Å². The largest absolute Gasteiger partial charge is 0.469 e. The summed E-state index contributed by atoms with van der Waals surface area (Å²) in [7, 11) is -3.47. The van der Waals surface area contributed by atoms with E-state index in [1.807, 2.05) is 12.1 Å². The average Bonchev–Trinajstić information content (AvgIpc) is 3.16. The van der Waals surface area contributed by atoms with Gasteiger partial charge in [-0.2, -0.15) is 4.31 Å². The van der Waals surface area contributed by atoms with Crippen molar-refractivity contribution in [2.24, 2.45) is 5.92 Å². The van der Waals surface area contributed by atoms with Crippen LogP contribution in [0.15, 0.2) is 58.0 Å². The molecule has 1 N–H and O–H groups in total. The lowest BCUT2D eigenvalue weighted by molar-refractivity contribution is -0.126. The molecule has 0 aliphatic carbocycles. The Morgan fingerprint density at radius 1 is 1.12 bits per heavy atom. The molecule has 7 heteroatoms. The van der Waals surface area contributed by atoms with Gasteiger partial charge >= 0.3 is 0 Å². The number of nitrogens with zero attached hydrogens (tertiary/aromatic N) is 1. The molecule has 1 aliphatic rings. The van der Waals surface area contributed by atoms with Crippen LogP contribution in [0.2, 0.25) is 0 Å². The van der Waals surface area contributed by atoms with E-state index in [1.54, 1.807) is 36.6 Å². The van der Waals surface area contributed by atoms with E-state index < -0.39 is 10.0 Å². The zero-order valence-electron chi connectivity index (χ0n) is 13.9. The number of hydrogen-bond acceptors (Lipinski definition) is 4. The normalized spacial score (nSPS) is 16.6. The van der Waals surface area contributed by atoms with Crippen molar-refractivity contribution in [3.05, 3.63) is 54.5 Å². The molecule has 1 aromatic heterocycles. The molecule has 0 radical (unpaired) electrons. The molecular weight excluding hydrogens is 340 g/mol. The molecule has 1 aliphatic heterocycles. The molecule has 0 saturated carbocycles. The van der Waals surface area contributed by atoms with Gasteiger partial charge in [-0.1, -0.05) is 18.2 Å². The molecule has 3 rings (SSSR count). The van der Waals surface area contributed by atoms with Gasteiger partial charge in [-0.15, -0.1) is 0 Å². The van der Waals surface area contributed by atoms with E-state index in [0.717, 1.165) is 5.76 Å². The second-order valence-electron chi connectivity index (χ2n) is 6.11. The molecule has 1 fully saturated rings. The van der Waals surface area contributed by atoms with E-state index in [4.69, 9.17) is 4.42 Å². The van der Waals surface area contributed by atoms with Gasteiger partial charge in [0.15, 0.2) is 0 Å². The number of rotatable bonds is 6. The van der Waals surface area contributed by atoms with Gasteiger partial charge in [0, 0.05) is 32.0 Å². The maximum atomic E-state index is 12.6. The number of hydrogen-bond donors (Lipinski definition) is 1. The zero-order chi connectivity index (χ0) is 17.7. The fourth-order valence-electron chi connectivity index (χ4n) is 3.01. The minimum atomic E-state index is -3.47. The maximum Gasteiger partial charge on any atom is 0.243 e. The summed E-state index contributed by atoms with van der Waals surface area (Å²) in [6.45, 7) is 1.26. The Balaban J connectivity index is 1.49. The fraction of sp³-hybridized carbons (Fsp3) is 0.389. The van der Waals surface area contributed by atoms with Crippen LogP contribution in [0.3, 0.4) is 0 Å². The van der Waals surface area contributed by atoms with Crippen molar-refractivity contribution in [1.82, 2.24) is 9.62 Å². The topological polar surface area (TPSA) is 79.6 Å². The van der Waals surface area contributed by atoms with Crippen LogP contribution in [0.25, 0.3) is 0 Å². The maximum absolute atomic E-state index is 12.6. The van der Waals surface area contributed by atoms with E-state index >= 15 is 0 Å². The van der Waals surface area contributed by atoms with Crippen molar-refractivity contribution in [3.63, 3.8) is 0 Å². The summed E-state index contributed by atoms with van der Waals surface area (Å²) in [5, 5.41) is 2.91. The summed E-state index contributed by atoms with van der Waals surface area (Å²) in [5.41, 5.74) is 0. The van der Waals surface area contributed by atoms with Gasteiger partial charge in [-0.25, -0.2) is 8.42 Å². The molecule has 2 aromatic rings. The summed E-state index contributed by atoms with van der Waals surface area (Å²) in [6, 6.07) is 12.1. The van der Waals surface area contributed by atoms with Crippen LogP contribution in [-0.4, -0.2) is 38.3 Å². The van der Waals surface area contributed by atoms with Gasteiger partial charge in [-0.05, 0) is 37.1 Å². The van der Waals surface area contributed by atoms with Crippen molar-refractivity contribution >= 4 is 15.9 Å². The number of benzene rings is 1. The number of furan rings is 1. The predicted octanol–water partition coefficient (Wildman–Crippen LogP) is 2.04. The van der Waals surface area contributed by atoms with Crippen LogP contribution < -0.4 is 5.32 Å². The molecule has 134 valence electrons. The third-order valence-electron chi connectivity index (χ3n) is 4.46. The highest BCUT2D eigenvalue weighted by Gasteiger charge is 2.31. The third kappa shape index (κ3) is 4.29. The number of piperidine rings is 1. The molecule has 2 heterocycles. The molecule has 1 aromatic carbocycles. The minimum absolute atomic E-state index is 0.0108. The summed E-state index contributed by atoms with van der Waals surface area (Å²) in [4.78, 5) is 12.5. The Hall–Kier alpha value is -2.12. The van der Waals surface area contributed by atoms with E-state index in [0.29, 0.717) is 43.8 Å². The molecular formula is C18H22N2O4S. The van der Waals surface area contributed by atoms with Crippen LogP contribution in [0.1, 0.15) is 18.6 Å². The summed E-state index contributed by atoms with van der Waals surface area (Å²) >= 11 is 0. The smallest absolute Gasteiger partial charge is 0.243 e. The van der Waals surface area contributed by atoms with Crippen molar-refractivity contribution in [1.29, 1.82) is 0 Å². The molecule has 1 amide bonds. The molecule has 0 bridgehead atoms. The van der Waals surface area contributed by atoms with Crippen LogP contribution in [0.5, 0.6) is 0 Å². The van der Waals surface area contributed by atoms with Gasteiger partial charge in [0.25, 0.3) is 0 Å². The van der Waals surface area contributed by atoms with Crippen LogP contribution in [-0.2, 0) is 21.2 Å². The van der Waals surface area contributed by atoms with Crippen molar-refractivity contribution < 1.29 is 17.6 Å². The molecule has 1 saturated heterocycles. The quantitative estimate of drug-likeness (QED) is 0.853. The van der Waals surface area contributed by atoms with E-state index in [1.165, 1.54) is 4.31 Å². The standard InChI is InChI=1S/C18H22N2O4S/c21-18(19-11-8-16-5-4-14-24-16)15-9-12-20(13-10-15)25(22,23)17-6-2-1-3-7-17/h1-7,14-15H,8-13H2,(H,19,21). The number of amides is 1. The third-order valence-corrected chi connectivity index (χ3v) is 6.37. The van der Waals surface area contributed by atoms with E-state index in [9.17, 15) is 13.2 Å². The Labute approximate surface area is 147 Å². The average molecular weight is 362 g/mol. The van der Waals surface area contributed by atoms with Crippen LogP contribution >= 0.6 is 0 Å². The molecule has 25 heavy (non-hydrogen) atoms. The molecule has 0 spiro atoms. The number of sulfonamides is 1. The zero-order valence-corrected chi connectivity index (χ0v) is 14.7. The second kappa shape index (κ2) is 7.84. The highest BCUT2D eigenvalue weighted by Crippen LogP contribution is 2.23. The summed E-state index contributed by atoms with van der Waals surface area (Å²) < 4.78 is 31.9. The first-order valence-electron chi connectivity index (χ1n) is 8.42. The van der Waals surface area contributed by atoms with Gasteiger partial charge in [0.05, 0.1) is 11.2 Å². The Morgan fingerprint density at radius 2 is 1.84 bits per heavy atom. The first-order valence-corrected chi connectivity index (χ1v) is 9.86. The van der Waals surface area contributed by atoms with Crippen molar-refractivity contribution in [2.75, 3.05) is 19.6 Å². The first-order chi connectivity index (χ1) is 12.1. The summed E-state index contributed by atoms with van der Waals surface area (Å²) in [6.07, 6.45) is 3.34. The molecule has 0 atom stereocenters. The lowest BCUT2D eigenvalue weighted by Gasteiger charge is -2.30. The number of carbonyl (C=O) groups is 1. The lowest BCUT2D eigenvalue weighted by atomic mass is 9.97. The first kappa shape index (κ1) is 17.7. The Kier molecular flexibility index (Phi) is 5.55. The Bertz CT molecular complexity index is 780. The van der Waals surface area contributed by atoms with Crippen LogP contribution in [0.4, 0.5) is 0 Å². The molecule has 0 unspecified atom stereocenters. The van der Waals surface area contributed by atoms with E-state index in [2.05, 4.69) is 5.32 Å². The number of carbonyl (C=O) groups excluding carboxylic acids is 1. The fourth-order valence-corrected chi connectivity index (χ4v) is 4.50. The Morgan fingerprint density at radius 3 is 2.48 bits per heavy atom. The van der Waals surface area contributed by atoms with Crippen molar-refractivity contribution in [3.8, 4) is 0 Å². The highest BCUT2D eigenvalue weighted by molar-refractivity contribution is 7.89. The van der Waals surface area contributed by atoms with Gasteiger partial charge < -0.3 is 9.73 Å². The SMILES string of the molecule is O=C(NCCc1ccco1)C1CCN(S(=O)(=O)c2ccccc2)CC1. The monoisotopic (exact) mass is 362 g/mol. The minimum Gasteiger partial charge on any atom is -0.469 e. The summed E-state index contributed by atoms with van der Waals surface area (Å²) in [5.74, 6) is 0.686.